The number of hydrogen-bond donors (Lipinski definition) is 1. The molecule has 1 N–H and O–H groups in total. The van der Waals surface area contributed by atoms with Crippen LogP contribution in [0.1, 0.15) is 40.8 Å². The number of fused-ring (bicyclic) bond motifs is 1. The second-order valence-electron chi connectivity index (χ2n) is 7.19. The minimum absolute atomic E-state index is 0.0916. The summed E-state index contributed by atoms with van der Waals surface area (Å²) in [5.74, 6) is 1.14. The molecule has 1 aromatic carbocycles. The van der Waals surface area contributed by atoms with Crippen molar-refractivity contribution in [3.05, 3.63) is 53.6 Å². The Morgan fingerprint density at radius 1 is 1.08 bits per heavy atom. The number of rotatable bonds is 4. The zero-order chi connectivity index (χ0) is 17.9. The molecule has 1 unspecified atom stereocenters. The van der Waals surface area contributed by atoms with Crippen LogP contribution in [0.2, 0.25) is 0 Å². The van der Waals surface area contributed by atoms with Gasteiger partial charge in [-0.25, -0.2) is 4.98 Å². The van der Waals surface area contributed by atoms with Crippen molar-refractivity contribution in [3.8, 4) is 0 Å². The van der Waals surface area contributed by atoms with Crippen LogP contribution in [0.25, 0.3) is 0 Å². The normalized spacial score (nSPS) is 19.2. The molecule has 1 atom stereocenters. The van der Waals surface area contributed by atoms with Crippen molar-refractivity contribution in [1.29, 1.82) is 0 Å². The molecule has 6 nitrogen and oxygen atoms in total. The molecule has 26 heavy (non-hydrogen) atoms. The Balaban J connectivity index is 1.33. The maximum absolute atomic E-state index is 12.9. The highest BCUT2D eigenvalue weighted by atomic mass is 16.3. The van der Waals surface area contributed by atoms with Gasteiger partial charge in [0.1, 0.15) is 11.5 Å². The smallest absolute Gasteiger partial charge is 0.272 e. The number of benzene rings is 1. The SMILES string of the molecule is O=C(c1cnc2n1CCCC2)N1CCN(CC(O)c2ccccc2)CC1. The lowest BCUT2D eigenvalue weighted by atomic mass is 10.1. The predicted octanol–water partition coefficient (Wildman–Crippen LogP) is 1.71. The second kappa shape index (κ2) is 7.60. The number of hydrogen-bond acceptors (Lipinski definition) is 4. The van der Waals surface area contributed by atoms with Gasteiger partial charge in [0, 0.05) is 45.7 Å². The number of amides is 1. The molecular weight excluding hydrogens is 328 g/mol. The van der Waals surface area contributed by atoms with E-state index in [2.05, 4.69) is 14.5 Å². The first-order valence-corrected chi connectivity index (χ1v) is 9.51. The largest absolute Gasteiger partial charge is 0.387 e. The maximum Gasteiger partial charge on any atom is 0.272 e. The molecule has 1 saturated heterocycles. The number of β-amino-alcohol motifs (C(OH)–C–C–N with tert-alkyl or cyclic N) is 1. The van der Waals surface area contributed by atoms with E-state index in [1.165, 1.54) is 0 Å². The first-order chi connectivity index (χ1) is 12.7. The van der Waals surface area contributed by atoms with Crippen LogP contribution in [0.15, 0.2) is 36.5 Å². The molecule has 0 radical (unpaired) electrons. The van der Waals surface area contributed by atoms with E-state index in [4.69, 9.17) is 0 Å². The van der Waals surface area contributed by atoms with Gasteiger partial charge in [-0.2, -0.15) is 0 Å². The standard InChI is InChI=1S/C20H26N4O2/c25-18(16-6-2-1-3-7-16)15-22-10-12-23(13-11-22)20(26)17-14-21-19-8-4-5-9-24(17)19/h1-3,6-7,14,18,25H,4-5,8-13,15H2. The summed E-state index contributed by atoms with van der Waals surface area (Å²) in [6.07, 6.45) is 4.51. The zero-order valence-electron chi connectivity index (χ0n) is 15.0. The van der Waals surface area contributed by atoms with Gasteiger partial charge in [-0.05, 0) is 18.4 Å². The Labute approximate surface area is 154 Å². The molecule has 0 saturated carbocycles. The van der Waals surface area contributed by atoms with Crippen molar-refractivity contribution in [2.75, 3.05) is 32.7 Å². The van der Waals surface area contributed by atoms with Crippen LogP contribution in [0, 0.1) is 0 Å². The number of aryl methyl sites for hydroxylation is 1. The zero-order valence-corrected chi connectivity index (χ0v) is 15.0. The highest BCUT2D eigenvalue weighted by Crippen LogP contribution is 2.19. The summed E-state index contributed by atoms with van der Waals surface area (Å²) >= 11 is 0. The van der Waals surface area contributed by atoms with E-state index in [-0.39, 0.29) is 5.91 Å². The van der Waals surface area contributed by atoms with Gasteiger partial charge < -0.3 is 14.6 Å². The van der Waals surface area contributed by atoms with Gasteiger partial charge in [-0.15, -0.1) is 0 Å². The third-order valence-electron chi connectivity index (χ3n) is 5.46. The molecule has 1 amide bonds. The van der Waals surface area contributed by atoms with Crippen LogP contribution in [-0.4, -0.2) is 63.1 Å². The summed E-state index contributed by atoms with van der Waals surface area (Å²) in [7, 11) is 0. The van der Waals surface area contributed by atoms with Crippen molar-refractivity contribution < 1.29 is 9.90 Å². The van der Waals surface area contributed by atoms with Gasteiger partial charge >= 0.3 is 0 Å². The maximum atomic E-state index is 12.9. The second-order valence-corrected chi connectivity index (χ2v) is 7.19. The molecule has 1 fully saturated rings. The molecule has 138 valence electrons. The van der Waals surface area contributed by atoms with Crippen LogP contribution in [0.5, 0.6) is 0 Å². The van der Waals surface area contributed by atoms with E-state index in [1.807, 2.05) is 35.2 Å². The topological polar surface area (TPSA) is 61.6 Å². The lowest BCUT2D eigenvalue weighted by Gasteiger charge is -2.35. The highest BCUT2D eigenvalue weighted by Gasteiger charge is 2.27. The lowest BCUT2D eigenvalue weighted by Crippen LogP contribution is -2.50. The monoisotopic (exact) mass is 354 g/mol. The average molecular weight is 354 g/mol. The highest BCUT2D eigenvalue weighted by molar-refractivity contribution is 5.92. The Morgan fingerprint density at radius 3 is 2.62 bits per heavy atom. The number of piperazine rings is 1. The van der Waals surface area contributed by atoms with E-state index < -0.39 is 6.10 Å². The van der Waals surface area contributed by atoms with Crippen LogP contribution in [0.4, 0.5) is 0 Å². The Hall–Kier alpha value is -2.18. The molecule has 0 aliphatic carbocycles. The van der Waals surface area contributed by atoms with Crippen LogP contribution < -0.4 is 0 Å². The van der Waals surface area contributed by atoms with E-state index in [0.29, 0.717) is 19.6 Å². The van der Waals surface area contributed by atoms with Crippen molar-refractivity contribution in [2.24, 2.45) is 0 Å². The summed E-state index contributed by atoms with van der Waals surface area (Å²) in [5, 5.41) is 10.4. The van der Waals surface area contributed by atoms with E-state index in [0.717, 1.165) is 56.0 Å². The van der Waals surface area contributed by atoms with Crippen molar-refractivity contribution in [1.82, 2.24) is 19.4 Å². The number of aliphatic hydroxyl groups is 1. The summed E-state index contributed by atoms with van der Waals surface area (Å²) in [5.41, 5.74) is 1.68. The van der Waals surface area contributed by atoms with Gasteiger partial charge in [0.05, 0.1) is 12.3 Å². The van der Waals surface area contributed by atoms with Gasteiger partial charge in [-0.3, -0.25) is 9.69 Å². The molecule has 6 heteroatoms. The average Bonchev–Trinajstić information content (AvgIpc) is 3.13. The van der Waals surface area contributed by atoms with E-state index >= 15 is 0 Å². The summed E-state index contributed by atoms with van der Waals surface area (Å²) in [6.45, 7) is 4.47. The van der Waals surface area contributed by atoms with Crippen molar-refractivity contribution in [2.45, 2.75) is 31.9 Å². The Kier molecular flexibility index (Phi) is 5.04. The Bertz CT molecular complexity index is 750. The van der Waals surface area contributed by atoms with Crippen molar-refractivity contribution >= 4 is 5.91 Å². The molecule has 1 aromatic heterocycles. The lowest BCUT2D eigenvalue weighted by molar-refractivity contribution is 0.0518. The molecule has 2 aromatic rings. The summed E-state index contributed by atoms with van der Waals surface area (Å²) in [6, 6.07) is 9.75. The fraction of sp³-hybridized carbons (Fsp3) is 0.500. The number of carbonyl (C=O) groups is 1. The quantitative estimate of drug-likeness (QED) is 0.908. The fourth-order valence-electron chi connectivity index (χ4n) is 3.91. The van der Waals surface area contributed by atoms with Gasteiger partial charge in [0.25, 0.3) is 5.91 Å². The molecule has 0 spiro atoms. The molecular formula is C20H26N4O2. The van der Waals surface area contributed by atoms with E-state index in [9.17, 15) is 9.90 Å². The minimum atomic E-state index is -0.486. The molecule has 3 heterocycles. The third kappa shape index (κ3) is 3.52. The predicted molar refractivity (Wildman–Crippen MR) is 98.9 cm³/mol. The minimum Gasteiger partial charge on any atom is -0.387 e. The number of imidazole rings is 1. The van der Waals surface area contributed by atoms with Crippen LogP contribution in [0.3, 0.4) is 0 Å². The first-order valence-electron chi connectivity index (χ1n) is 9.51. The van der Waals surface area contributed by atoms with Crippen LogP contribution in [-0.2, 0) is 13.0 Å². The molecule has 2 aliphatic rings. The Morgan fingerprint density at radius 2 is 1.85 bits per heavy atom. The number of nitrogens with zero attached hydrogens (tertiary/aromatic N) is 4. The number of carbonyl (C=O) groups excluding carboxylic acids is 1. The van der Waals surface area contributed by atoms with Gasteiger partial charge in [-0.1, -0.05) is 30.3 Å². The van der Waals surface area contributed by atoms with Gasteiger partial charge in [0.15, 0.2) is 0 Å². The fourth-order valence-corrected chi connectivity index (χ4v) is 3.91. The van der Waals surface area contributed by atoms with Crippen LogP contribution >= 0.6 is 0 Å². The first kappa shape index (κ1) is 17.2. The molecule has 0 bridgehead atoms. The van der Waals surface area contributed by atoms with E-state index in [1.54, 1.807) is 6.20 Å². The summed E-state index contributed by atoms with van der Waals surface area (Å²) in [4.78, 5) is 21.5. The number of aliphatic hydroxyl groups excluding tert-OH is 1. The molecule has 4 rings (SSSR count). The van der Waals surface area contributed by atoms with Crippen molar-refractivity contribution in [3.63, 3.8) is 0 Å². The third-order valence-corrected chi connectivity index (χ3v) is 5.46. The summed E-state index contributed by atoms with van der Waals surface area (Å²) < 4.78 is 2.09. The number of aromatic nitrogens is 2. The van der Waals surface area contributed by atoms with Gasteiger partial charge in [0.2, 0.25) is 0 Å². The molecule has 2 aliphatic heterocycles.